The van der Waals surface area contributed by atoms with Crippen LogP contribution in [0.1, 0.15) is 34.3 Å². The van der Waals surface area contributed by atoms with E-state index in [0.29, 0.717) is 11.3 Å². The minimum atomic E-state index is -1.23. The summed E-state index contributed by atoms with van der Waals surface area (Å²) < 4.78 is 5.31. The molecular weight excluding hydrogens is 316 g/mol. The van der Waals surface area contributed by atoms with Crippen LogP contribution < -0.4 is 5.43 Å². The fourth-order valence-corrected chi connectivity index (χ4v) is 2.38. The molecular formula is C21H16O4. The number of aliphatic hydroxyl groups is 1. The maximum Gasteiger partial charge on any atom is 0.227 e. The first-order chi connectivity index (χ1) is 12.0. The summed E-state index contributed by atoms with van der Waals surface area (Å²) in [6.07, 6.45) is -1.23. The third-order valence-electron chi connectivity index (χ3n) is 3.67. The maximum absolute atomic E-state index is 11.6. The lowest BCUT2D eigenvalue weighted by molar-refractivity contribution is 0.176. The van der Waals surface area contributed by atoms with Gasteiger partial charge in [-0.3, -0.25) is 4.79 Å². The molecule has 0 saturated carbocycles. The first-order valence-corrected chi connectivity index (χ1v) is 7.73. The molecule has 1 heterocycles. The summed E-state index contributed by atoms with van der Waals surface area (Å²) in [5.41, 5.74) is 1.62. The summed E-state index contributed by atoms with van der Waals surface area (Å²) in [5.74, 6) is 5.68. The molecule has 0 aliphatic rings. The van der Waals surface area contributed by atoms with Crippen molar-refractivity contribution in [3.63, 3.8) is 0 Å². The Morgan fingerprint density at radius 1 is 0.960 bits per heavy atom. The third-order valence-corrected chi connectivity index (χ3v) is 3.67. The van der Waals surface area contributed by atoms with Crippen molar-refractivity contribution < 1.29 is 14.6 Å². The summed E-state index contributed by atoms with van der Waals surface area (Å²) in [7, 11) is 0. The van der Waals surface area contributed by atoms with E-state index in [-0.39, 0.29) is 5.76 Å². The second kappa shape index (κ2) is 7.08. The zero-order valence-electron chi connectivity index (χ0n) is 13.6. The highest BCUT2D eigenvalue weighted by Gasteiger charge is 2.20. The number of aromatic hydroxyl groups is 1. The molecule has 0 bridgehead atoms. The average Bonchev–Trinajstić information content (AvgIpc) is 2.63. The van der Waals surface area contributed by atoms with E-state index in [4.69, 9.17) is 4.42 Å². The van der Waals surface area contributed by atoms with Crippen molar-refractivity contribution in [3.05, 3.63) is 99.1 Å². The normalized spacial score (nSPS) is 11.4. The van der Waals surface area contributed by atoms with Gasteiger partial charge in [-0.25, -0.2) is 0 Å². The first kappa shape index (κ1) is 16.6. The van der Waals surface area contributed by atoms with E-state index in [2.05, 4.69) is 11.8 Å². The molecule has 0 spiro atoms. The van der Waals surface area contributed by atoms with E-state index in [0.717, 1.165) is 11.1 Å². The minimum Gasteiger partial charge on any atom is -0.502 e. The van der Waals surface area contributed by atoms with Crippen LogP contribution in [0, 0.1) is 18.8 Å². The van der Waals surface area contributed by atoms with Crippen molar-refractivity contribution in [2.75, 3.05) is 0 Å². The molecule has 1 aromatic heterocycles. The quantitative estimate of drug-likeness (QED) is 0.707. The monoisotopic (exact) mass is 332 g/mol. The van der Waals surface area contributed by atoms with Gasteiger partial charge in [0.15, 0.2) is 5.76 Å². The molecule has 25 heavy (non-hydrogen) atoms. The van der Waals surface area contributed by atoms with Crippen LogP contribution in [-0.2, 0) is 0 Å². The molecule has 0 radical (unpaired) electrons. The van der Waals surface area contributed by atoms with Crippen LogP contribution in [0.3, 0.4) is 0 Å². The molecule has 3 rings (SSSR count). The summed E-state index contributed by atoms with van der Waals surface area (Å²) in [5, 5.41) is 20.2. The van der Waals surface area contributed by atoms with Crippen LogP contribution in [-0.4, -0.2) is 10.2 Å². The predicted octanol–water partition coefficient (Wildman–Crippen LogP) is 3.14. The van der Waals surface area contributed by atoms with Crippen LogP contribution in [0.5, 0.6) is 5.75 Å². The van der Waals surface area contributed by atoms with Crippen LogP contribution in [0.2, 0.25) is 0 Å². The predicted molar refractivity (Wildman–Crippen MR) is 94.3 cm³/mol. The van der Waals surface area contributed by atoms with Gasteiger partial charge in [0, 0.05) is 17.2 Å². The van der Waals surface area contributed by atoms with Gasteiger partial charge in [0.25, 0.3) is 0 Å². The van der Waals surface area contributed by atoms with E-state index in [1.54, 1.807) is 31.2 Å². The van der Waals surface area contributed by atoms with Crippen molar-refractivity contribution in [2.45, 2.75) is 13.0 Å². The van der Waals surface area contributed by atoms with Gasteiger partial charge in [-0.1, -0.05) is 42.2 Å². The number of hydrogen-bond acceptors (Lipinski definition) is 4. The Labute approximate surface area is 145 Å². The van der Waals surface area contributed by atoms with Gasteiger partial charge in [-0.05, 0) is 36.8 Å². The van der Waals surface area contributed by atoms with Gasteiger partial charge in [0.1, 0.15) is 11.9 Å². The van der Waals surface area contributed by atoms with E-state index in [9.17, 15) is 15.0 Å². The molecule has 124 valence electrons. The van der Waals surface area contributed by atoms with Gasteiger partial charge < -0.3 is 14.6 Å². The molecule has 0 amide bonds. The lowest BCUT2D eigenvalue weighted by Gasteiger charge is -2.12. The molecule has 0 aliphatic heterocycles. The second-order valence-corrected chi connectivity index (χ2v) is 5.57. The second-order valence-electron chi connectivity index (χ2n) is 5.57. The standard InChI is InChI=1S/C21H16O4/c1-14-13-18(22)20(24)21(25-14)19(23)17-11-9-16(10-12-17)8-7-15-5-3-2-4-6-15/h2-6,9-13,19,23-24H,1H3. The average molecular weight is 332 g/mol. The van der Waals surface area contributed by atoms with Crippen LogP contribution in [0.15, 0.2) is 69.9 Å². The summed E-state index contributed by atoms with van der Waals surface area (Å²) in [6.45, 7) is 1.58. The molecule has 2 N–H and O–H groups in total. The van der Waals surface area contributed by atoms with Crippen molar-refractivity contribution in [3.8, 4) is 17.6 Å². The molecule has 1 unspecified atom stereocenters. The summed E-state index contributed by atoms with van der Waals surface area (Å²) in [4.78, 5) is 11.6. The van der Waals surface area contributed by atoms with Gasteiger partial charge >= 0.3 is 0 Å². The Morgan fingerprint density at radius 2 is 1.56 bits per heavy atom. The number of benzene rings is 2. The van der Waals surface area contributed by atoms with Crippen molar-refractivity contribution in [2.24, 2.45) is 0 Å². The molecule has 1 atom stereocenters. The lowest BCUT2D eigenvalue weighted by Crippen LogP contribution is -2.08. The van der Waals surface area contributed by atoms with Gasteiger partial charge in [-0.2, -0.15) is 0 Å². The third kappa shape index (κ3) is 3.79. The van der Waals surface area contributed by atoms with Gasteiger partial charge in [0.05, 0.1) is 0 Å². The number of rotatable bonds is 2. The van der Waals surface area contributed by atoms with Crippen LogP contribution >= 0.6 is 0 Å². The fourth-order valence-electron chi connectivity index (χ4n) is 2.38. The minimum absolute atomic E-state index is 0.159. The number of aryl methyl sites for hydroxylation is 1. The van der Waals surface area contributed by atoms with Crippen LogP contribution in [0.4, 0.5) is 0 Å². The van der Waals surface area contributed by atoms with E-state index >= 15 is 0 Å². The highest BCUT2D eigenvalue weighted by atomic mass is 16.4. The fraction of sp³-hybridized carbons (Fsp3) is 0.0952. The van der Waals surface area contributed by atoms with E-state index in [1.807, 2.05) is 30.3 Å². The molecule has 0 aliphatic carbocycles. The molecule has 3 aromatic rings. The van der Waals surface area contributed by atoms with Gasteiger partial charge in [0.2, 0.25) is 11.2 Å². The zero-order valence-corrected chi connectivity index (χ0v) is 13.6. The van der Waals surface area contributed by atoms with Gasteiger partial charge in [-0.15, -0.1) is 0 Å². The topological polar surface area (TPSA) is 70.7 Å². The van der Waals surface area contributed by atoms with Crippen molar-refractivity contribution >= 4 is 0 Å². The Hall–Kier alpha value is -3.29. The maximum atomic E-state index is 11.6. The molecule has 0 saturated heterocycles. The summed E-state index contributed by atoms with van der Waals surface area (Å²) >= 11 is 0. The Balaban J connectivity index is 1.86. The number of aliphatic hydroxyl groups excluding tert-OH is 1. The van der Waals surface area contributed by atoms with E-state index < -0.39 is 17.3 Å². The molecule has 2 aromatic carbocycles. The highest BCUT2D eigenvalue weighted by Crippen LogP contribution is 2.27. The number of hydrogen-bond donors (Lipinski definition) is 2. The largest absolute Gasteiger partial charge is 0.502 e. The Kier molecular flexibility index (Phi) is 4.69. The van der Waals surface area contributed by atoms with Crippen molar-refractivity contribution in [1.29, 1.82) is 0 Å². The lowest BCUT2D eigenvalue weighted by atomic mass is 10.0. The van der Waals surface area contributed by atoms with Crippen molar-refractivity contribution in [1.82, 2.24) is 0 Å². The van der Waals surface area contributed by atoms with E-state index in [1.165, 1.54) is 6.07 Å². The first-order valence-electron chi connectivity index (χ1n) is 7.73. The highest BCUT2D eigenvalue weighted by molar-refractivity contribution is 5.44. The molecule has 0 fully saturated rings. The smallest absolute Gasteiger partial charge is 0.227 e. The Bertz CT molecular complexity index is 990. The van der Waals surface area contributed by atoms with Crippen LogP contribution in [0.25, 0.3) is 0 Å². The molecule has 4 heteroatoms. The Morgan fingerprint density at radius 3 is 2.20 bits per heavy atom. The molecule has 4 nitrogen and oxygen atoms in total. The zero-order chi connectivity index (χ0) is 17.8. The summed E-state index contributed by atoms with van der Waals surface area (Å²) in [6, 6.07) is 17.7. The SMILES string of the molecule is Cc1cc(=O)c(O)c(C(O)c2ccc(C#Cc3ccccc3)cc2)o1.